The Balaban J connectivity index is -0.000000247. The van der Waals surface area contributed by atoms with E-state index in [0.717, 1.165) is 32.7 Å². The van der Waals surface area contributed by atoms with Gasteiger partial charge in [-0.3, -0.25) is 0 Å². The van der Waals surface area contributed by atoms with Gasteiger partial charge in [-0.25, -0.2) is 19.2 Å². The Morgan fingerprint density at radius 3 is 0.452 bits per heavy atom. The Morgan fingerprint density at radius 2 is 0.356 bits per heavy atom. The molecule has 0 saturated carbocycles. The molecule has 0 radical (unpaired) electrons. The van der Waals surface area contributed by atoms with Crippen LogP contribution in [0.1, 0.15) is 294 Å². The number of carboxylic acids is 4. The van der Waals surface area contributed by atoms with Crippen molar-refractivity contribution in [3.63, 3.8) is 0 Å². The van der Waals surface area contributed by atoms with Crippen LogP contribution in [-0.2, 0) is 0 Å². The van der Waals surface area contributed by atoms with Gasteiger partial charge in [0.1, 0.15) is 0 Å². The molecule has 0 aliphatic heterocycles. The standard InChI is InChI=1S/4C9H21N.C8H19N.2C8H6O4/c4*1-2-3-4-5-6-7-8-9-10;1-2-3-4-5-6-7-8-9;2*9-7(10)5-1-2-6(4-3-5)8(11)12/h4*2-10H2,1H3;2-9H2,1H3;2*1-4H,(H,9,10)(H,11,12). The van der Waals surface area contributed by atoms with Crippen LogP contribution in [0.25, 0.3) is 0 Å². The average molecular weight is 1030 g/mol. The topological polar surface area (TPSA) is 279 Å². The number of carbonyl (C=O) groups is 4. The molecule has 0 amide bonds. The number of rotatable bonds is 38. The zero-order chi connectivity index (χ0) is 55.9. The van der Waals surface area contributed by atoms with Gasteiger partial charge in [-0.1, -0.05) is 221 Å². The van der Waals surface area contributed by atoms with E-state index in [2.05, 4.69) is 34.6 Å². The zero-order valence-electron chi connectivity index (χ0n) is 47.5. The van der Waals surface area contributed by atoms with Crippen molar-refractivity contribution < 1.29 is 39.6 Å². The highest BCUT2D eigenvalue weighted by atomic mass is 16.4. The zero-order valence-corrected chi connectivity index (χ0v) is 47.5. The third kappa shape index (κ3) is 68.1. The highest BCUT2D eigenvalue weighted by molar-refractivity contribution is 5.92. The first-order valence-corrected chi connectivity index (χ1v) is 28.9. The minimum Gasteiger partial charge on any atom is -0.478 e. The Bertz CT molecular complexity index is 1180. The molecule has 0 unspecified atom stereocenters. The average Bonchev–Trinajstić information content (AvgIpc) is 3.39. The van der Waals surface area contributed by atoms with E-state index < -0.39 is 23.9 Å². The number of hydrogen-bond donors (Lipinski definition) is 9. The normalized spacial score (nSPS) is 9.89. The lowest BCUT2D eigenvalue weighted by Gasteiger charge is -1.97. The summed E-state index contributed by atoms with van der Waals surface area (Å²) >= 11 is 0. The fraction of sp³-hybridized carbons (Fsp3) is 0.733. The molecule has 0 saturated heterocycles. The first-order chi connectivity index (χ1) is 35.3. The van der Waals surface area contributed by atoms with E-state index in [0.29, 0.717) is 0 Å². The lowest BCUT2D eigenvalue weighted by Crippen LogP contribution is -1.99. The quantitative estimate of drug-likeness (QED) is 0.0283. The lowest BCUT2D eigenvalue weighted by molar-refractivity contribution is 0.0681. The number of benzene rings is 2. The summed E-state index contributed by atoms with van der Waals surface area (Å²) in [6.45, 7) is 15.6. The molecular formula is C60H115N5O8. The number of hydrogen-bond acceptors (Lipinski definition) is 9. The van der Waals surface area contributed by atoms with Crippen LogP contribution in [0.2, 0.25) is 0 Å². The van der Waals surface area contributed by atoms with Crippen LogP contribution in [0.5, 0.6) is 0 Å². The van der Waals surface area contributed by atoms with Crippen molar-refractivity contribution in [1.29, 1.82) is 0 Å². The van der Waals surface area contributed by atoms with E-state index in [4.69, 9.17) is 49.1 Å². The van der Waals surface area contributed by atoms with E-state index in [1.165, 1.54) is 267 Å². The summed E-state index contributed by atoms with van der Waals surface area (Å²) in [7, 11) is 0. The van der Waals surface area contributed by atoms with Crippen LogP contribution in [0.3, 0.4) is 0 Å². The molecule has 0 heterocycles. The highest BCUT2D eigenvalue weighted by Gasteiger charge is 2.06. The Hall–Kier alpha value is -3.88. The van der Waals surface area contributed by atoms with Crippen molar-refractivity contribution in [2.75, 3.05) is 32.7 Å². The van der Waals surface area contributed by atoms with Gasteiger partial charge in [0.2, 0.25) is 0 Å². The molecule has 0 fully saturated rings. The molecule has 0 aliphatic carbocycles. The predicted octanol–water partition coefficient (Wildman–Crippen LogP) is 15.3. The van der Waals surface area contributed by atoms with Crippen LogP contribution in [0.15, 0.2) is 48.5 Å². The molecule has 0 atom stereocenters. The fourth-order valence-electron chi connectivity index (χ4n) is 6.84. The van der Waals surface area contributed by atoms with Gasteiger partial charge in [-0.2, -0.15) is 0 Å². The summed E-state index contributed by atoms with van der Waals surface area (Å²) in [5.74, 6) is -4.25. The third-order valence-corrected chi connectivity index (χ3v) is 11.5. The largest absolute Gasteiger partial charge is 0.478 e. The molecule has 2 aromatic carbocycles. The summed E-state index contributed by atoms with van der Waals surface area (Å²) in [6.07, 6.45) is 46.1. The molecule has 13 nitrogen and oxygen atoms in total. The molecular weight excluding hydrogens is 919 g/mol. The number of carboxylic acid groups (broad SMARTS) is 4. The highest BCUT2D eigenvalue weighted by Crippen LogP contribution is 2.10. The lowest BCUT2D eigenvalue weighted by atomic mass is 10.1. The third-order valence-electron chi connectivity index (χ3n) is 11.5. The second kappa shape index (κ2) is 68.1. The second-order valence-corrected chi connectivity index (χ2v) is 18.6. The minimum atomic E-state index is -1.06. The van der Waals surface area contributed by atoms with Gasteiger partial charge in [-0.05, 0) is 113 Å². The first-order valence-electron chi connectivity index (χ1n) is 28.9. The van der Waals surface area contributed by atoms with Crippen molar-refractivity contribution >= 4 is 23.9 Å². The maximum Gasteiger partial charge on any atom is 0.335 e. The van der Waals surface area contributed by atoms with Crippen LogP contribution < -0.4 is 28.7 Å². The SMILES string of the molecule is CCCCCCCCCN.CCCCCCCCCN.CCCCCCCCCN.CCCCCCCCCN.CCCCCCCCN.O=C(O)c1ccc(C(=O)O)cc1.O=C(O)c1ccc(C(=O)O)cc1. The fourth-order valence-corrected chi connectivity index (χ4v) is 6.84. The maximum absolute atomic E-state index is 10.3. The Labute approximate surface area is 447 Å². The van der Waals surface area contributed by atoms with E-state index in [9.17, 15) is 19.2 Å². The van der Waals surface area contributed by atoms with Crippen LogP contribution in [0, 0.1) is 0 Å². The summed E-state index contributed by atoms with van der Waals surface area (Å²) in [6, 6.07) is 10.0. The molecule has 13 heteroatoms. The van der Waals surface area contributed by atoms with Gasteiger partial charge in [0.05, 0.1) is 22.3 Å². The van der Waals surface area contributed by atoms with Gasteiger partial charge >= 0.3 is 23.9 Å². The van der Waals surface area contributed by atoms with Crippen LogP contribution >= 0.6 is 0 Å². The van der Waals surface area contributed by atoms with Crippen molar-refractivity contribution in [2.45, 2.75) is 253 Å². The molecule has 73 heavy (non-hydrogen) atoms. The van der Waals surface area contributed by atoms with E-state index >= 15 is 0 Å². The van der Waals surface area contributed by atoms with Crippen LogP contribution in [0.4, 0.5) is 0 Å². The van der Waals surface area contributed by atoms with E-state index in [-0.39, 0.29) is 22.3 Å². The second-order valence-electron chi connectivity index (χ2n) is 18.6. The van der Waals surface area contributed by atoms with Crippen molar-refractivity contribution in [2.24, 2.45) is 28.7 Å². The molecule has 428 valence electrons. The smallest absolute Gasteiger partial charge is 0.335 e. The van der Waals surface area contributed by atoms with E-state index in [1.54, 1.807) is 0 Å². The monoisotopic (exact) mass is 1030 g/mol. The summed E-state index contributed by atoms with van der Waals surface area (Å²) in [5.41, 5.74) is 27.2. The molecule has 0 aromatic heterocycles. The number of unbranched alkanes of at least 4 members (excludes halogenated alkanes) is 29. The molecule has 0 aliphatic rings. The van der Waals surface area contributed by atoms with Gasteiger partial charge in [-0.15, -0.1) is 0 Å². The molecule has 0 bridgehead atoms. The number of aromatic carboxylic acids is 4. The summed E-state index contributed by atoms with van der Waals surface area (Å²) in [4.78, 5) is 41.3. The maximum atomic E-state index is 10.3. The Kier molecular flexibility index (Phi) is 72.8. The predicted molar refractivity (Wildman–Crippen MR) is 311 cm³/mol. The van der Waals surface area contributed by atoms with Crippen molar-refractivity contribution in [3.05, 3.63) is 70.8 Å². The van der Waals surface area contributed by atoms with Gasteiger partial charge in [0.15, 0.2) is 0 Å². The summed E-state index contributed by atoms with van der Waals surface area (Å²) in [5, 5.41) is 33.9. The van der Waals surface area contributed by atoms with Gasteiger partial charge < -0.3 is 49.1 Å². The van der Waals surface area contributed by atoms with Gasteiger partial charge in [0, 0.05) is 0 Å². The molecule has 14 N–H and O–H groups in total. The van der Waals surface area contributed by atoms with Crippen LogP contribution in [-0.4, -0.2) is 77.0 Å². The summed E-state index contributed by atoms with van der Waals surface area (Å²) < 4.78 is 0. The molecule has 2 rings (SSSR count). The van der Waals surface area contributed by atoms with Gasteiger partial charge in [0.25, 0.3) is 0 Å². The minimum absolute atomic E-state index is 0.0833. The van der Waals surface area contributed by atoms with Crippen molar-refractivity contribution in [3.8, 4) is 0 Å². The van der Waals surface area contributed by atoms with E-state index in [1.807, 2.05) is 0 Å². The number of nitrogens with two attached hydrogens (primary N) is 5. The molecule has 2 aromatic rings. The van der Waals surface area contributed by atoms with Crippen molar-refractivity contribution in [1.82, 2.24) is 0 Å². The first kappa shape index (κ1) is 78.0. The Morgan fingerprint density at radius 1 is 0.247 bits per heavy atom. The molecule has 0 spiro atoms.